The number of carbonyl (C=O) groups is 1. The summed E-state index contributed by atoms with van der Waals surface area (Å²) in [6, 6.07) is 4.57. The van der Waals surface area contributed by atoms with E-state index in [0.717, 1.165) is 11.1 Å². The normalized spacial score (nSPS) is 12.5. The van der Waals surface area contributed by atoms with Crippen LogP contribution in [0.1, 0.15) is 11.1 Å². The summed E-state index contributed by atoms with van der Waals surface area (Å²) >= 11 is 0. The van der Waals surface area contributed by atoms with Crippen molar-refractivity contribution in [2.75, 3.05) is 21.2 Å². The van der Waals surface area contributed by atoms with E-state index < -0.39 is 12.0 Å². The van der Waals surface area contributed by atoms with Crippen molar-refractivity contribution >= 4 is 5.97 Å². The Hall–Kier alpha value is -1.59. The lowest BCUT2D eigenvalue weighted by Crippen LogP contribution is -2.33. The summed E-state index contributed by atoms with van der Waals surface area (Å²) in [5, 5.41) is 9.72. The van der Waals surface area contributed by atoms with Gasteiger partial charge < -0.3 is 20.5 Å². The van der Waals surface area contributed by atoms with Crippen LogP contribution >= 0.6 is 0 Å². The van der Waals surface area contributed by atoms with Gasteiger partial charge in [-0.15, -0.1) is 0 Å². The number of hydrogen-bond donors (Lipinski definition) is 2. The number of aromatic hydroxyl groups is 1. The first-order valence-corrected chi connectivity index (χ1v) is 5.73. The molecule has 0 saturated carbocycles. The highest BCUT2D eigenvalue weighted by Gasteiger charge is 2.15. The second-order valence-corrected chi connectivity index (χ2v) is 4.53. The number of esters is 1. The van der Waals surface area contributed by atoms with Crippen LogP contribution in [0.2, 0.25) is 0 Å². The van der Waals surface area contributed by atoms with Gasteiger partial charge in [0.25, 0.3) is 0 Å². The Morgan fingerprint density at radius 3 is 2.72 bits per heavy atom. The topological polar surface area (TPSA) is 75.8 Å². The van der Waals surface area contributed by atoms with Crippen molar-refractivity contribution in [1.29, 1.82) is 0 Å². The van der Waals surface area contributed by atoms with Crippen LogP contribution in [0.4, 0.5) is 0 Å². The Labute approximate surface area is 107 Å². The summed E-state index contributed by atoms with van der Waals surface area (Å²) in [4.78, 5) is 13.2. The molecule has 0 radical (unpaired) electrons. The number of nitrogens with zero attached hydrogens (tertiary/aromatic N) is 1. The Morgan fingerprint density at radius 2 is 2.17 bits per heavy atom. The third-order valence-electron chi connectivity index (χ3n) is 2.59. The quantitative estimate of drug-likeness (QED) is 0.746. The van der Waals surface area contributed by atoms with Crippen LogP contribution in [0.15, 0.2) is 18.2 Å². The molecule has 5 heteroatoms. The lowest BCUT2D eigenvalue weighted by atomic mass is 10.0. The van der Waals surface area contributed by atoms with Crippen molar-refractivity contribution in [2.45, 2.75) is 19.0 Å². The van der Waals surface area contributed by atoms with Crippen molar-refractivity contribution in [1.82, 2.24) is 4.90 Å². The van der Waals surface area contributed by atoms with Gasteiger partial charge in [0.2, 0.25) is 0 Å². The maximum absolute atomic E-state index is 11.2. The molecule has 1 aromatic carbocycles. The molecule has 1 aromatic rings. The standard InChI is InChI=1S/C13H20N2O3/c1-15(2)8-10-6-9(4-5-12(10)16)7-11(14)13(17)18-3/h4-6,11,16H,7-8,14H2,1-3H3. The highest BCUT2D eigenvalue weighted by atomic mass is 16.5. The number of nitrogens with two attached hydrogens (primary N) is 1. The van der Waals surface area contributed by atoms with E-state index in [1.807, 2.05) is 25.1 Å². The van der Waals surface area contributed by atoms with Crippen molar-refractivity contribution in [2.24, 2.45) is 5.73 Å². The molecule has 0 aliphatic carbocycles. The van der Waals surface area contributed by atoms with E-state index in [2.05, 4.69) is 4.74 Å². The Balaban J connectivity index is 2.81. The summed E-state index contributed by atoms with van der Waals surface area (Å²) in [7, 11) is 5.16. The number of hydrogen-bond acceptors (Lipinski definition) is 5. The molecule has 1 unspecified atom stereocenters. The van der Waals surface area contributed by atoms with E-state index in [1.54, 1.807) is 12.1 Å². The molecule has 0 aliphatic heterocycles. The average Bonchev–Trinajstić information content (AvgIpc) is 2.31. The molecule has 0 amide bonds. The van der Waals surface area contributed by atoms with Crippen LogP contribution in [0.25, 0.3) is 0 Å². The van der Waals surface area contributed by atoms with Gasteiger partial charge in [-0.3, -0.25) is 4.79 Å². The molecular formula is C13H20N2O3. The molecule has 0 aliphatic rings. The van der Waals surface area contributed by atoms with Crippen LogP contribution in [0, 0.1) is 0 Å². The SMILES string of the molecule is COC(=O)C(N)Cc1ccc(O)c(CN(C)C)c1. The van der Waals surface area contributed by atoms with Crippen LogP contribution in [0.5, 0.6) is 5.75 Å². The van der Waals surface area contributed by atoms with Gasteiger partial charge in [-0.2, -0.15) is 0 Å². The third kappa shape index (κ3) is 4.01. The second-order valence-electron chi connectivity index (χ2n) is 4.53. The van der Waals surface area contributed by atoms with Gasteiger partial charge in [0.05, 0.1) is 7.11 Å². The maximum Gasteiger partial charge on any atom is 0.322 e. The fraction of sp³-hybridized carbons (Fsp3) is 0.462. The fourth-order valence-electron chi connectivity index (χ4n) is 1.72. The maximum atomic E-state index is 11.2. The predicted molar refractivity (Wildman–Crippen MR) is 69.2 cm³/mol. The van der Waals surface area contributed by atoms with Gasteiger partial charge in [0, 0.05) is 12.1 Å². The first-order valence-electron chi connectivity index (χ1n) is 5.73. The van der Waals surface area contributed by atoms with Crippen LogP contribution < -0.4 is 5.73 Å². The minimum absolute atomic E-state index is 0.249. The zero-order valence-electron chi connectivity index (χ0n) is 11.0. The summed E-state index contributed by atoms with van der Waals surface area (Å²) in [6.07, 6.45) is 0.396. The largest absolute Gasteiger partial charge is 0.508 e. The van der Waals surface area contributed by atoms with Crippen molar-refractivity contribution in [3.05, 3.63) is 29.3 Å². The van der Waals surface area contributed by atoms with E-state index in [-0.39, 0.29) is 5.75 Å². The minimum Gasteiger partial charge on any atom is -0.508 e. The average molecular weight is 252 g/mol. The zero-order valence-corrected chi connectivity index (χ0v) is 11.0. The molecule has 0 bridgehead atoms. The molecule has 1 atom stereocenters. The highest BCUT2D eigenvalue weighted by Crippen LogP contribution is 2.20. The zero-order chi connectivity index (χ0) is 13.7. The Morgan fingerprint density at radius 1 is 1.50 bits per heavy atom. The molecule has 3 N–H and O–H groups in total. The number of phenolic OH excluding ortho intramolecular Hbond substituents is 1. The first kappa shape index (κ1) is 14.5. The Bertz CT molecular complexity index is 419. The summed E-state index contributed by atoms with van der Waals surface area (Å²) in [5.74, 6) is -0.184. The van der Waals surface area contributed by atoms with Crippen LogP contribution in [-0.2, 0) is 22.5 Å². The lowest BCUT2D eigenvalue weighted by molar-refractivity contribution is -0.142. The monoisotopic (exact) mass is 252 g/mol. The first-order chi connectivity index (χ1) is 8.43. The molecule has 18 heavy (non-hydrogen) atoms. The third-order valence-corrected chi connectivity index (χ3v) is 2.59. The van der Waals surface area contributed by atoms with Gasteiger partial charge in [-0.25, -0.2) is 0 Å². The number of phenols is 1. The molecule has 0 fully saturated rings. The summed E-state index contributed by atoms with van der Waals surface area (Å²) < 4.78 is 4.58. The van der Waals surface area contributed by atoms with Crippen LogP contribution in [0.3, 0.4) is 0 Å². The molecule has 0 spiro atoms. The highest BCUT2D eigenvalue weighted by molar-refractivity contribution is 5.75. The van der Waals surface area contributed by atoms with Crippen molar-refractivity contribution in [3.63, 3.8) is 0 Å². The number of methoxy groups -OCH3 is 1. The molecule has 0 saturated heterocycles. The predicted octanol–water partition coefficient (Wildman–Crippen LogP) is 0.497. The smallest absolute Gasteiger partial charge is 0.322 e. The summed E-state index contributed by atoms with van der Waals surface area (Å²) in [5.41, 5.74) is 7.42. The number of ether oxygens (including phenoxy) is 1. The molecule has 0 aromatic heterocycles. The molecule has 100 valence electrons. The van der Waals surface area contributed by atoms with Gasteiger partial charge in [-0.05, 0) is 32.1 Å². The molecular weight excluding hydrogens is 232 g/mol. The van der Waals surface area contributed by atoms with E-state index in [1.165, 1.54) is 7.11 Å². The van der Waals surface area contributed by atoms with Gasteiger partial charge in [-0.1, -0.05) is 12.1 Å². The number of carbonyl (C=O) groups excluding carboxylic acids is 1. The van der Waals surface area contributed by atoms with Crippen molar-refractivity contribution in [3.8, 4) is 5.75 Å². The number of rotatable bonds is 5. The fourth-order valence-corrected chi connectivity index (χ4v) is 1.72. The summed E-state index contributed by atoms with van der Waals surface area (Å²) in [6.45, 7) is 0.632. The van der Waals surface area contributed by atoms with Gasteiger partial charge >= 0.3 is 5.97 Å². The van der Waals surface area contributed by atoms with E-state index in [0.29, 0.717) is 13.0 Å². The van der Waals surface area contributed by atoms with Gasteiger partial charge in [0.1, 0.15) is 11.8 Å². The van der Waals surface area contributed by atoms with E-state index in [4.69, 9.17) is 5.73 Å². The van der Waals surface area contributed by atoms with E-state index >= 15 is 0 Å². The second kappa shape index (κ2) is 6.37. The Kier molecular flexibility index (Phi) is 5.12. The molecule has 0 heterocycles. The van der Waals surface area contributed by atoms with Gasteiger partial charge in [0.15, 0.2) is 0 Å². The molecule has 1 rings (SSSR count). The van der Waals surface area contributed by atoms with E-state index in [9.17, 15) is 9.90 Å². The number of benzene rings is 1. The van der Waals surface area contributed by atoms with Crippen molar-refractivity contribution < 1.29 is 14.6 Å². The molecule has 5 nitrogen and oxygen atoms in total. The minimum atomic E-state index is -0.674. The van der Waals surface area contributed by atoms with Crippen LogP contribution in [-0.4, -0.2) is 43.2 Å². The lowest BCUT2D eigenvalue weighted by Gasteiger charge is -2.14.